The predicted molar refractivity (Wildman–Crippen MR) is 74.9 cm³/mol. The highest BCUT2D eigenvalue weighted by molar-refractivity contribution is 5.81. The van der Waals surface area contributed by atoms with E-state index in [4.69, 9.17) is 4.74 Å². The molecule has 0 aromatic rings. The van der Waals surface area contributed by atoms with E-state index < -0.39 is 5.60 Å². The molecule has 1 heterocycles. The highest BCUT2D eigenvalue weighted by atomic mass is 16.5. The zero-order valence-electron chi connectivity index (χ0n) is 12.4. The maximum atomic E-state index is 11.8. The quantitative estimate of drug-likeness (QED) is 0.637. The Balaban J connectivity index is 2.22. The fourth-order valence-corrected chi connectivity index (χ4v) is 2.00. The van der Waals surface area contributed by atoms with Crippen LogP contribution < -0.4 is 10.6 Å². The van der Waals surface area contributed by atoms with Gasteiger partial charge in [-0.15, -0.1) is 0 Å². The summed E-state index contributed by atoms with van der Waals surface area (Å²) in [6.07, 6.45) is 2.24. The number of hydrogen-bond acceptors (Lipinski definition) is 4. The lowest BCUT2D eigenvalue weighted by atomic mass is 9.94. The number of rotatable bonds is 7. The van der Waals surface area contributed by atoms with Crippen LogP contribution in [0.3, 0.4) is 0 Å². The molecule has 1 amide bonds. The van der Waals surface area contributed by atoms with Crippen LogP contribution in [0.15, 0.2) is 0 Å². The van der Waals surface area contributed by atoms with Gasteiger partial charge in [-0.05, 0) is 19.3 Å². The van der Waals surface area contributed by atoms with E-state index >= 15 is 0 Å². The summed E-state index contributed by atoms with van der Waals surface area (Å²) in [5.41, 5.74) is -0.731. The molecule has 0 aromatic carbocycles. The maximum absolute atomic E-state index is 11.8. The monoisotopic (exact) mass is 272 g/mol. The molecule has 1 rings (SSSR count). The Morgan fingerprint density at radius 1 is 1.32 bits per heavy atom. The molecule has 0 aliphatic carbocycles. The van der Waals surface area contributed by atoms with E-state index in [1.807, 2.05) is 6.92 Å². The molecular weight excluding hydrogens is 244 g/mol. The van der Waals surface area contributed by atoms with Crippen molar-refractivity contribution in [3.05, 3.63) is 0 Å². The first kappa shape index (κ1) is 16.4. The van der Waals surface area contributed by atoms with Gasteiger partial charge in [0.1, 0.15) is 0 Å². The zero-order chi connectivity index (χ0) is 14.3. The van der Waals surface area contributed by atoms with Crippen LogP contribution in [0.25, 0.3) is 0 Å². The van der Waals surface area contributed by atoms with Crippen molar-refractivity contribution in [2.24, 2.45) is 5.92 Å². The Morgan fingerprint density at radius 2 is 1.95 bits per heavy atom. The molecule has 0 radical (unpaired) electrons. The average molecular weight is 272 g/mol. The molecule has 3 N–H and O–H groups in total. The van der Waals surface area contributed by atoms with E-state index in [0.717, 1.165) is 6.42 Å². The van der Waals surface area contributed by atoms with E-state index in [2.05, 4.69) is 24.5 Å². The van der Waals surface area contributed by atoms with Crippen LogP contribution in [-0.4, -0.2) is 49.0 Å². The molecule has 19 heavy (non-hydrogen) atoms. The summed E-state index contributed by atoms with van der Waals surface area (Å²) in [7, 11) is 0. The number of ether oxygens (including phenoxy) is 1. The number of carbonyl (C=O) groups is 1. The van der Waals surface area contributed by atoms with Crippen molar-refractivity contribution in [1.82, 2.24) is 10.6 Å². The Kier molecular flexibility index (Phi) is 6.75. The third kappa shape index (κ3) is 6.36. The van der Waals surface area contributed by atoms with Crippen molar-refractivity contribution in [3.63, 3.8) is 0 Å². The summed E-state index contributed by atoms with van der Waals surface area (Å²) >= 11 is 0. The van der Waals surface area contributed by atoms with Gasteiger partial charge in [0.25, 0.3) is 0 Å². The fourth-order valence-electron chi connectivity index (χ4n) is 2.00. The van der Waals surface area contributed by atoms with Gasteiger partial charge in [0.05, 0.1) is 11.6 Å². The van der Waals surface area contributed by atoms with Crippen molar-refractivity contribution in [2.45, 2.75) is 51.7 Å². The van der Waals surface area contributed by atoms with Gasteiger partial charge in [-0.25, -0.2) is 0 Å². The van der Waals surface area contributed by atoms with Crippen molar-refractivity contribution in [3.8, 4) is 0 Å². The molecule has 1 unspecified atom stereocenters. The van der Waals surface area contributed by atoms with E-state index in [0.29, 0.717) is 45.1 Å². The van der Waals surface area contributed by atoms with Crippen LogP contribution in [-0.2, 0) is 9.53 Å². The molecule has 0 bridgehead atoms. The maximum Gasteiger partial charge on any atom is 0.236 e. The molecule has 5 heteroatoms. The number of amides is 1. The number of aliphatic hydroxyl groups is 1. The number of carbonyl (C=O) groups excluding carboxylic acids is 1. The fraction of sp³-hybridized carbons (Fsp3) is 0.929. The minimum absolute atomic E-state index is 0.00342. The van der Waals surface area contributed by atoms with Crippen LogP contribution in [0.4, 0.5) is 0 Å². The third-order valence-corrected chi connectivity index (χ3v) is 3.58. The van der Waals surface area contributed by atoms with Crippen molar-refractivity contribution in [2.75, 3.05) is 26.3 Å². The lowest BCUT2D eigenvalue weighted by Crippen LogP contribution is -2.51. The summed E-state index contributed by atoms with van der Waals surface area (Å²) in [6.45, 7) is 8.42. The van der Waals surface area contributed by atoms with Crippen molar-refractivity contribution < 1.29 is 14.6 Å². The second-order valence-corrected chi connectivity index (χ2v) is 5.91. The topological polar surface area (TPSA) is 70.6 Å². The summed E-state index contributed by atoms with van der Waals surface area (Å²) in [6, 6.07) is -0.279. The van der Waals surface area contributed by atoms with Crippen LogP contribution >= 0.6 is 0 Å². The summed E-state index contributed by atoms with van der Waals surface area (Å²) in [4.78, 5) is 11.8. The van der Waals surface area contributed by atoms with E-state index in [1.54, 1.807) is 0 Å². The largest absolute Gasteiger partial charge is 0.388 e. The number of hydrogen-bond donors (Lipinski definition) is 3. The second-order valence-electron chi connectivity index (χ2n) is 5.91. The standard InChI is InChI=1S/C14H28N2O3/c1-11(2)4-7-15-13(17)12(3)16-10-14(18)5-8-19-9-6-14/h11-12,16,18H,4-10H2,1-3H3,(H,15,17). The lowest BCUT2D eigenvalue weighted by Gasteiger charge is -2.33. The molecule has 112 valence electrons. The van der Waals surface area contributed by atoms with Gasteiger partial charge >= 0.3 is 0 Å². The molecule has 1 fully saturated rings. The van der Waals surface area contributed by atoms with Gasteiger partial charge in [0, 0.05) is 39.1 Å². The van der Waals surface area contributed by atoms with E-state index in [1.165, 1.54) is 0 Å². The van der Waals surface area contributed by atoms with Crippen LogP contribution in [0, 0.1) is 5.92 Å². The summed E-state index contributed by atoms with van der Waals surface area (Å²) in [5.74, 6) is 0.586. The molecule has 0 saturated carbocycles. The molecule has 1 atom stereocenters. The van der Waals surface area contributed by atoms with Gasteiger partial charge in [-0.2, -0.15) is 0 Å². The lowest BCUT2D eigenvalue weighted by molar-refractivity contribution is -0.123. The molecule has 1 aliphatic rings. The zero-order valence-corrected chi connectivity index (χ0v) is 12.4. The first-order chi connectivity index (χ1) is 8.93. The minimum Gasteiger partial charge on any atom is -0.388 e. The van der Waals surface area contributed by atoms with Crippen LogP contribution in [0.5, 0.6) is 0 Å². The first-order valence-corrected chi connectivity index (χ1v) is 7.24. The molecular formula is C14H28N2O3. The highest BCUT2D eigenvalue weighted by Crippen LogP contribution is 2.19. The normalized spacial score (nSPS) is 20.3. The highest BCUT2D eigenvalue weighted by Gasteiger charge is 2.30. The van der Waals surface area contributed by atoms with Gasteiger partial charge in [-0.3, -0.25) is 4.79 Å². The van der Waals surface area contributed by atoms with Crippen molar-refractivity contribution in [1.29, 1.82) is 0 Å². The van der Waals surface area contributed by atoms with Crippen LogP contribution in [0.2, 0.25) is 0 Å². The summed E-state index contributed by atoms with van der Waals surface area (Å²) < 4.78 is 5.23. The average Bonchev–Trinajstić information content (AvgIpc) is 2.36. The van der Waals surface area contributed by atoms with Gasteiger partial charge in [0.15, 0.2) is 0 Å². The molecule has 1 saturated heterocycles. The Morgan fingerprint density at radius 3 is 2.53 bits per heavy atom. The molecule has 0 spiro atoms. The van der Waals surface area contributed by atoms with E-state index in [-0.39, 0.29) is 11.9 Å². The third-order valence-electron chi connectivity index (χ3n) is 3.58. The van der Waals surface area contributed by atoms with Crippen LogP contribution in [0.1, 0.15) is 40.0 Å². The van der Waals surface area contributed by atoms with Gasteiger partial charge in [0.2, 0.25) is 5.91 Å². The predicted octanol–water partition coefficient (Wildman–Crippen LogP) is 0.668. The van der Waals surface area contributed by atoms with Crippen molar-refractivity contribution >= 4 is 5.91 Å². The minimum atomic E-state index is -0.731. The van der Waals surface area contributed by atoms with Gasteiger partial charge < -0.3 is 20.5 Å². The first-order valence-electron chi connectivity index (χ1n) is 7.24. The smallest absolute Gasteiger partial charge is 0.236 e. The molecule has 0 aromatic heterocycles. The molecule has 1 aliphatic heterocycles. The molecule has 5 nitrogen and oxygen atoms in total. The summed E-state index contributed by atoms with van der Waals surface area (Å²) in [5, 5.41) is 16.3. The Hall–Kier alpha value is -0.650. The second kappa shape index (κ2) is 7.82. The van der Waals surface area contributed by atoms with E-state index in [9.17, 15) is 9.90 Å². The SMILES string of the molecule is CC(C)CCNC(=O)C(C)NCC1(O)CCOCC1. The number of nitrogens with one attached hydrogen (secondary N) is 2. The Labute approximate surface area is 116 Å². The van der Waals surface area contributed by atoms with Gasteiger partial charge in [-0.1, -0.05) is 13.8 Å². The Bertz CT molecular complexity index is 276.